The Kier molecular flexibility index (Phi) is 6.89. The Morgan fingerprint density at radius 2 is 1.63 bits per heavy atom. The minimum absolute atomic E-state index is 0.155. The molecular formula is C22H24N2O5S. The Morgan fingerprint density at radius 1 is 0.933 bits per heavy atom. The van der Waals surface area contributed by atoms with Gasteiger partial charge in [0.2, 0.25) is 5.91 Å². The molecule has 0 spiro atoms. The number of benzene rings is 2. The van der Waals surface area contributed by atoms with Gasteiger partial charge in [-0.15, -0.1) is 0 Å². The highest BCUT2D eigenvalue weighted by molar-refractivity contribution is 8.00. The zero-order chi connectivity index (χ0) is 21.7. The number of aryl methyl sites for hydroxylation is 1. The van der Waals surface area contributed by atoms with Gasteiger partial charge < -0.3 is 24.3 Å². The molecular weight excluding hydrogens is 404 g/mol. The van der Waals surface area contributed by atoms with Crippen LogP contribution >= 0.6 is 11.8 Å². The Bertz CT molecular complexity index is 1070. The highest BCUT2D eigenvalue weighted by atomic mass is 32.2. The molecule has 0 unspecified atom stereocenters. The molecule has 1 N–H and O–H groups in total. The normalized spacial score (nSPS) is 10.6. The van der Waals surface area contributed by atoms with Crippen molar-refractivity contribution in [2.75, 3.05) is 39.5 Å². The molecule has 0 aliphatic carbocycles. The molecule has 7 nitrogen and oxygen atoms in total. The van der Waals surface area contributed by atoms with Gasteiger partial charge in [0.15, 0.2) is 11.5 Å². The van der Waals surface area contributed by atoms with Crippen molar-refractivity contribution in [3.8, 4) is 23.0 Å². The predicted molar refractivity (Wildman–Crippen MR) is 118 cm³/mol. The summed E-state index contributed by atoms with van der Waals surface area (Å²) >= 11 is 1.37. The van der Waals surface area contributed by atoms with E-state index in [4.69, 9.17) is 23.9 Å². The van der Waals surface area contributed by atoms with Crippen LogP contribution in [-0.2, 0) is 4.79 Å². The lowest BCUT2D eigenvalue weighted by Gasteiger charge is -2.13. The molecule has 3 aromatic rings. The van der Waals surface area contributed by atoms with E-state index in [-0.39, 0.29) is 11.7 Å². The van der Waals surface area contributed by atoms with Crippen molar-refractivity contribution in [2.45, 2.75) is 11.9 Å². The fourth-order valence-electron chi connectivity index (χ4n) is 2.96. The van der Waals surface area contributed by atoms with Crippen molar-refractivity contribution in [3.63, 3.8) is 0 Å². The van der Waals surface area contributed by atoms with Crippen molar-refractivity contribution in [3.05, 3.63) is 42.0 Å². The van der Waals surface area contributed by atoms with Gasteiger partial charge >= 0.3 is 0 Å². The number of hydrogen-bond acceptors (Lipinski definition) is 7. The zero-order valence-corrected chi connectivity index (χ0v) is 18.4. The second kappa shape index (κ2) is 9.58. The van der Waals surface area contributed by atoms with Crippen LogP contribution in [0.2, 0.25) is 0 Å². The molecule has 0 saturated heterocycles. The van der Waals surface area contributed by atoms with E-state index in [1.807, 2.05) is 25.1 Å². The maximum atomic E-state index is 12.5. The van der Waals surface area contributed by atoms with Gasteiger partial charge in [-0.25, -0.2) is 4.98 Å². The summed E-state index contributed by atoms with van der Waals surface area (Å²) in [7, 11) is 6.31. The van der Waals surface area contributed by atoms with E-state index in [1.165, 1.54) is 11.8 Å². The summed E-state index contributed by atoms with van der Waals surface area (Å²) in [6.07, 6.45) is 0. The SMILES string of the molecule is COc1ccc(NC(=O)CSc2nc3cc(OC)c(OC)cc3cc2C)c(OC)c1. The quantitative estimate of drug-likeness (QED) is 0.536. The minimum Gasteiger partial charge on any atom is -0.497 e. The number of aromatic nitrogens is 1. The number of nitrogens with one attached hydrogen (secondary N) is 1. The Morgan fingerprint density at radius 3 is 2.30 bits per heavy atom. The number of rotatable bonds is 8. The predicted octanol–water partition coefficient (Wildman–Crippen LogP) is 4.31. The summed E-state index contributed by atoms with van der Waals surface area (Å²) in [6, 6.07) is 11.0. The molecule has 2 aromatic carbocycles. The van der Waals surface area contributed by atoms with Gasteiger partial charge in [-0.3, -0.25) is 4.79 Å². The molecule has 30 heavy (non-hydrogen) atoms. The second-order valence-corrected chi connectivity index (χ2v) is 7.38. The van der Waals surface area contributed by atoms with E-state index in [9.17, 15) is 4.79 Å². The van der Waals surface area contributed by atoms with Gasteiger partial charge in [0.1, 0.15) is 16.5 Å². The lowest BCUT2D eigenvalue weighted by molar-refractivity contribution is -0.113. The molecule has 8 heteroatoms. The molecule has 1 amide bonds. The number of carbonyl (C=O) groups is 1. The van der Waals surface area contributed by atoms with Gasteiger partial charge in [-0.1, -0.05) is 11.8 Å². The summed E-state index contributed by atoms with van der Waals surface area (Å²) < 4.78 is 21.2. The molecule has 3 rings (SSSR count). The van der Waals surface area contributed by atoms with Crippen LogP contribution in [0.3, 0.4) is 0 Å². The van der Waals surface area contributed by atoms with E-state index < -0.39 is 0 Å². The van der Waals surface area contributed by atoms with Crippen LogP contribution in [-0.4, -0.2) is 45.1 Å². The number of amides is 1. The van der Waals surface area contributed by atoms with Crippen molar-refractivity contribution in [1.82, 2.24) is 4.98 Å². The number of pyridine rings is 1. The van der Waals surface area contributed by atoms with Crippen molar-refractivity contribution < 1.29 is 23.7 Å². The van der Waals surface area contributed by atoms with E-state index in [1.54, 1.807) is 46.6 Å². The van der Waals surface area contributed by atoms with E-state index in [0.29, 0.717) is 28.7 Å². The summed E-state index contributed by atoms with van der Waals surface area (Å²) in [5.74, 6) is 2.51. The largest absolute Gasteiger partial charge is 0.497 e. The lowest BCUT2D eigenvalue weighted by atomic mass is 10.1. The summed E-state index contributed by atoms with van der Waals surface area (Å²) in [6.45, 7) is 1.97. The second-order valence-electron chi connectivity index (χ2n) is 6.41. The fraction of sp³-hybridized carbons (Fsp3) is 0.273. The van der Waals surface area contributed by atoms with Gasteiger partial charge in [0, 0.05) is 17.5 Å². The number of carbonyl (C=O) groups excluding carboxylic acids is 1. The van der Waals surface area contributed by atoms with Gasteiger partial charge in [0.25, 0.3) is 0 Å². The first kappa shape index (κ1) is 21.6. The summed E-state index contributed by atoms with van der Waals surface area (Å²) in [4.78, 5) is 17.2. The van der Waals surface area contributed by atoms with Crippen LogP contribution in [0.25, 0.3) is 10.9 Å². The van der Waals surface area contributed by atoms with Crippen molar-refractivity contribution in [2.24, 2.45) is 0 Å². The van der Waals surface area contributed by atoms with Crippen LogP contribution in [0.5, 0.6) is 23.0 Å². The topological polar surface area (TPSA) is 78.9 Å². The average molecular weight is 429 g/mol. The third-order valence-electron chi connectivity index (χ3n) is 4.49. The van der Waals surface area contributed by atoms with Crippen LogP contribution in [0.15, 0.2) is 41.4 Å². The van der Waals surface area contributed by atoms with E-state index in [2.05, 4.69) is 5.32 Å². The number of thioether (sulfide) groups is 1. The number of methoxy groups -OCH3 is 4. The maximum Gasteiger partial charge on any atom is 0.234 e. The molecule has 0 saturated carbocycles. The third kappa shape index (κ3) is 4.71. The standard InChI is InChI=1S/C22H24N2O5S/c1-13-8-14-9-19(28-4)20(29-5)11-17(14)24-22(13)30-12-21(25)23-16-7-6-15(26-2)10-18(16)27-3/h6-11H,12H2,1-5H3,(H,23,25). The average Bonchev–Trinajstić information content (AvgIpc) is 2.76. The monoisotopic (exact) mass is 428 g/mol. The van der Waals surface area contributed by atoms with Crippen molar-refractivity contribution in [1.29, 1.82) is 0 Å². The highest BCUT2D eigenvalue weighted by Gasteiger charge is 2.13. The smallest absolute Gasteiger partial charge is 0.234 e. The first-order valence-electron chi connectivity index (χ1n) is 9.17. The zero-order valence-electron chi connectivity index (χ0n) is 17.6. The molecule has 0 aliphatic rings. The molecule has 0 bridgehead atoms. The molecule has 0 aliphatic heterocycles. The molecule has 0 fully saturated rings. The number of nitrogens with zero attached hydrogens (tertiary/aromatic N) is 1. The first-order valence-corrected chi connectivity index (χ1v) is 10.2. The van der Waals surface area contributed by atoms with E-state index in [0.717, 1.165) is 21.5 Å². The third-order valence-corrected chi connectivity index (χ3v) is 5.58. The van der Waals surface area contributed by atoms with Crippen LogP contribution < -0.4 is 24.3 Å². The number of hydrogen-bond donors (Lipinski definition) is 1. The molecule has 158 valence electrons. The van der Waals surface area contributed by atoms with Gasteiger partial charge in [-0.2, -0.15) is 0 Å². The molecule has 0 radical (unpaired) electrons. The fourth-order valence-corrected chi connectivity index (χ4v) is 3.75. The number of fused-ring (bicyclic) bond motifs is 1. The Hall–Kier alpha value is -3.13. The van der Waals surface area contributed by atoms with Crippen LogP contribution in [0.1, 0.15) is 5.56 Å². The van der Waals surface area contributed by atoms with Crippen molar-refractivity contribution >= 4 is 34.3 Å². The number of anilines is 1. The molecule has 0 atom stereocenters. The Balaban J connectivity index is 1.75. The lowest BCUT2D eigenvalue weighted by Crippen LogP contribution is -2.15. The Labute approximate surface area is 179 Å². The maximum absolute atomic E-state index is 12.5. The van der Waals surface area contributed by atoms with Gasteiger partial charge in [0.05, 0.1) is 45.4 Å². The van der Waals surface area contributed by atoms with Gasteiger partial charge in [-0.05, 0) is 36.8 Å². The minimum atomic E-state index is -0.155. The van der Waals surface area contributed by atoms with E-state index >= 15 is 0 Å². The number of ether oxygens (including phenoxy) is 4. The van der Waals surface area contributed by atoms with Crippen LogP contribution in [0, 0.1) is 6.92 Å². The van der Waals surface area contributed by atoms with Crippen LogP contribution in [0.4, 0.5) is 5.69 Å². The highest BCUT2D eigenvalue weighted by Crippen LogP contribution is 2.34. The molecule has 1 heterocycles. The summed E-state index contributed by atoms with van der Waals surface area (Å²) in [5.41, 5.74) is 2.34. The first-order chi connectivity index (χ1) is 14.5. The summed E-state index contributed by atoms with van der Waals surface area (Å²) in [5, 5.41) is 4.60. The molecule has 1 aromatic heterocycles.